The predicted molar refractivity (Wildman–Crippen MR) is 77.8 cm³/mol. The van der Waals surface area contributed by atoms with Crippen molar-refractivity contribution < 1.29 is 24.6 Å². The third kappa shape index (κ3) is 4.32. The van der Waals surface area contributed by atoms with Crippen molar-refractivity contribution in [2.45, 2.75) is 44.0 Å². The molecular formula is C12H21N3O5S. The molecule has 0 bridgehead atoms. The van der Waals surface area contributed by atoms with E-state index < -0.39 is 42.0 Å². The number of thiol groups is 1. The molecule has 1 aliphatic rings. The summed E-state index contributed by atoms with van der Waals surface area (Å²) < 4.78 is 0. The number of carboxylic acid groups (broad SMARTS) is 1. The lowest BCUT2D eigenvalue weighted by molar-refractivity contribution is -0.150. The highest BCUT2D eigenvalue weighted by Gasteiger charge is 2.39. The summed E-state index contributed by atoms with van der Waals surface area (Å²) in [6.45, 7) is 1.63. The zero-order valence-corrected chi connectivity index (χ0v) is 12.6. The van der Waals surface area contributed by atoms with E-state index in [0.717, 1.165) is 0 Å². The highest BCUT2D eigenvalue weighted by molar-refractivity contribution is 7.80. The number of aliphatic hydroxyl groups excluding tert-OH is 1. The minimum Gasteiger partial charge on any atom is -0.480 e. The number of aliphatic hydroxyl groups is 1. The third-order valence-corrected chi connectivity index (χ3v) is 3.79. The SMILES string of the molecule is C[C@@H](O)[C@H](NC(=O)[C@@H](N)CS)C(=O)N1CCC[C@H]1C(=O)O. The number of carbonyl (C=O) groups is 3. The number of carbonyl (C=O) groups excluding carboxylic acids is 2. The van der Waals surface area contributed by atoms with Gasteiger partial charge in [-0.25, -0.2) is 4.79 Å². The first-order valence-electron chi connectivity index (χ1n) is 6.67. The van der Waals surface area contributed by atoms with Gasteiger partial charge in [-0.05, 0) is 19.8 Å². The minimum atomic E-state index is -1.22. The van der Waals surface area contributed by atoms with Crippen LogP contribution in [0.15, 0.2) is 0 Å². The van der Waals surface area contributed by atoms with Crippen LogP contribution in [0.5, 0.6) is 0 Å². The van der Waals surface area contributed by atoms with Gasteiger partial charge in [-0.3, -0.25) is 9.59 Å². The number of hydrogen-bond donors (Lipinski definition) is 5. The average Bonchev–Trinajstić information content (AvgIpc) is 2.91. The standard InChI is InChI=1S/C12H21N3O5S/c1-6(16)9(14-10(17)7(13)5-21)11(18)15-4-2-3-8(15)12(19)20/h6-9,16,21H,2-5,13H2,1H3,(H,14,17)(H,19,20)/t6-,7+,8+,9+/m1/s1. The van der Waals surface area contributed by atoms with E-state index in [9.17, 15) is 19.5 Å². The molecule has 0 aromatic rings. The number of rotatable bonds is 6. The quantitative estimate of drug-likeness (QED) is 0.366. The smallest absolute Gasteiger partial charge is 0.326 e. The molecular weight excluding hydrogens is 298 g/mol. The molecule has 2 amide bonds. The van der Waals surface area contributed by atoms with Crippen LogP contribution in [0.1, 0.15) is 19.8 Å². The van der Waals surface area contributed by atoms with Crippen molar-refractivity contribution in [1.29, 1.82) is 0 Å². The number of nitrogens with two attached hydrogens (primary N) is 1. The Morgan fingerprint density at radius 1 is 1.48 bits per heavy atom. The van der Waals surface area contributed by atoms with E-state index in [2.05, 4.69) is 17.9 Å². The molecule has 0 saturated carbocycles. The fraction of sp³-hybridized carbons (Fsp3) is 0.750. The molecule has 5 N–H and O–H groups in total. The fourth-order valence-electron chi connectivity index (χ4n) is 2.20. The molecule has 4 atom stereocenters. The second-order valence-corrected chi connectivity index (χ2v) is 5.41. The number of likely N-dealkylation sites (tertiary alicyclic amines) is 1. The number of carboxylic acids is 1. The highest BCUT2D eigenvalue weighted by Crippen LogP contribution is 2.19. The Hall–Kier alpha value is -1.32. The lowest BCUT2D eigenvalue weighted by Gasteiger charge is -2.29. The Morgan fingerprint density at radius 3 is 2.57 bits per heavy atom. The molecule has 1 rings (SSSR count). The maximum atomic E-state index is 12.4. The van der Waals surface area contributed by atoms with E-state index in [1.54, 1.807) is 0 Å². The van der Waals surface area contributed by atoms with E-state index in [4.69, 9.17) is 10.8 Å². The maximum absolute atomic E-state index is 12.4. The number of amides is 2. The first-order valence-corrected chi connectivity index (χ1v) is 7.31. The summed E-state index contributed by atoms with van der Waals surface area (Å²) in [6.07, 6.45) is -0.236. The van der Waals surface area contributed by atoms with E-state index in [1.165, 1.54) is 11.8 Å². The van der Waals surface area contributed by atoms with Gasteiger partial charge in [0.2, 0.25) is 11.8 Å². The van der Waals surface area contributed by atoms with Gasteiger partial charge in [0.15, 0.2) is 0 Å². The van der Waals surface area contributed by atoms with Gasteiger partial charge in [-0.15, -0.1) is 0 Å². The summed E-state index contributed by atoms with van der Waals surface area (Å²) in [5.74, 6) is -2.23. The molecule has 1 heterocycles. The lowest BCUT2D eigenvalue weighted by atomic mass is 10.1. The van der Waals surface area contributed by atoms with Gasteiger partial charge in [0, 0.05) is 12.3 Å². The van der Waals surface area contributed by atoms with Crippen LogP contribution >= 0.6 is 12.6 Å². The normalized spacial score (nSPS) is 22.5. The van der Waals surface area contributed by atoms with Crippen LogP contribution in [0.3, 0.4) is 0 Å². The van der Waals surface area contributed by atoms with Crippen molar-refractivity contribution in [2.75, 3.05) is 12.3 Å². The Morgan fingerprint density at radius 2 is 2.10 bits per heavy atom. The largest absolute Gasteiger partial charge is 0.480 e. The van der Waals surface area contributed by atoms with Crippen molar-refractivity contribution in [3.8, 4) is 0 Å². The second kappa shape index (κ2) is 7.62. The van der Waals surface area contributed by atoms with Crippen LogP contribution in [0.2, 0.25) is 0 Å². The molecule has 1 aliphatic heterocycles. The van der Waals surface area contributed by atoms with E-state index in [0.29, 0.717) is 12.8 Å². The Kier molecular flexibility index (Phi) is 6.43. The topological polar surface area (TPSA) is 133 Å². The molecule has 8 nitrogen and oxygen atoms in total. The van der Waals surface area contributed by atoms with E-state index >= 15 is 0 Å². The van der Waals surface area contributed by atoms with E-state index in [-0.39, 0.29) is 12.3 Å². The number of nitrogens with one attached hydrogen (secondary N) is 1. The first kappa shape index (κ1) is 17.7. The van der Waals surface area contributed by atoms with Crippen LogP contribution in [-0.4, -0.2) is 69.4 Å². The molecule has 0 aromatic heterocycles. The van der Waals surface area contributed by atoms with Crippen LogP contribution in [0.4, 0.5) is 0 Å². The van der Waals surface area contributed by atoms with E-state index in [1.807, 2.05) is 0 Å². The van der Waals surface area contributed by atoms with Gasteiger partial charge in [-0.2, -0.15) is 12.6 Å². The number of hydrogen-bond acceptors (Lipinski definition) is 6. The molecule has 1 saturated heterocycles. The lowest BCUT2D eigenvalue weighted by Crippen LogP contribution is -2.58. The molecule has 9 heteroatoms. The summed E-state index contributed by atoms with van der Waals surface area (Å²) in [7, 11) is 0. The van der Waals surface area contributed by atoms with Crippen molar-refractivity contribution in [1.82, 2.24) is 10.2 Å². The summed E-state index contributed by atoms with van der Waals surface area (Å²) in [5, 5.41) is 21.1. The number of nitrogens with zero attached hydrogens (tertiary/aromatic N) is 1. The summed E-state index contributed by atoms with van der Waals surface area (Å²) in [5.41, 5.74) is 5.50. The van der Waals surface area contributed by atoms with Crippen molar-refractivity contribution in [2.24, 2.45) is 5.73 Å². The van der Waals surface area contributed by atoms with Gasteiger partial charge < -0.3 is 26.2 Å². The average molecular weight is 319 g/mol. The fourth-order valence-corrected chi connectivity index (χ4v) is 2.36. The third-order valence-electron chi connectivity index (χ3n) is 3.40. The van der Waals surface area contributed by atoms with Gasteiger partial charge in [0.05, 0.1) is 12.1 Å². The molecule has 0 unspecified atom stereocenters. The summed E-state index contributed by atoms with van der Waals surface area (Å²) in [4.78, 5) is 36.4. The monoisotopic (exact) mass is 319 g/mol. The Bertz CT molecular complexity index is 418. The van der Waals surface area contributed by atoms with Crippen LogP contribution in [-0.2, 0) is 14.4 Å². The molecule has 1 fully saturated rings. The molecule has 120 valence electrons. The van der Waals surface area contributed by atoms with Gasteiger partial charge >= 0.3 is 5.97 Å². The zero-order chi connectivity index (χ0) is 16.2. The van der Waals surface area contributed by atoms with Crippen LogP contribution < -0.4 is 11.1 Å². The van der Waals surface area contributed by atoms with Crippen LogP contribution in [0.25, 0.3) is 0 Å². The Balaban J connectivity index is 2.83. The molecule has 0 aromatic carbocycles. The maximum Gasteiger partial charge on any atom is 0.326 e. The minimum absolute atomic E-state index is 0.0913. The Labute approximate surface area is 128 Å². The molecule has 0 spiro atoms. The van der Waals surface area contributed by atoms with Crippen LogP contribution in [0, 0.1) is 0 Å². The number of aliphatic carboxylic acids is 1. The van der Waals surface area contributed by atoms with Crippen molar-refractivity contribution in [3.05, 3.63) is 0 Å². The second-order valence-electron chi connectivity index (χ2n) is 5.04. The van der Waals surface area contributed by atoms with Gasteiger partial charge in [0.1, 0.15) is 12.1 Å². The van der Waals surface area contributed by atoms with Gasteiger partial charge in [-0.1, -0.05) is 0 Å². The van der Waals surface area contributed by atoms with Gasteiger partial charge in [0.25, 0.3) is 0 Å². The summed E-state index contributed by atoms with van der Waals surface area (Å²) >= 11 is 3.89. The molecule has 0 aliphatic carbocycles. The molecule has 0 radical (unpaired) electrons. The highest BCUT2D eigenvalue weighted by atomic mass is 32.1. The summed E-state index contributed by atoms with van der Waals surface area (Å²) in [6, 6.07) is -3.05. The first-order chi connectivity index (χ1) is 9.79. The van der Waals surface area contributed by atoms with Crippen molar-refractivity contribution in [3.63, 3.8) is 0 Å². The van der Waals surface area contributed by atoms with Crippen molar-refractivity contribution >= 4 is 30.4 Å². The molecule has 21 heavy (non-hydrogen) atoms. The predicted octanol–water partition coefficient (Wildman–Crippen LogP) is -1.82. The zero-order valence-electron chi connectivity index (χ0n) is 11.7.